The van der Waals surface area contributed by atoms with Gasteiger partial charge in [0.25, 0.3) is 6.02 Å². The maximum atomic E-state index is 12.8. The topological polar surface area (TPSA) is 33.6 Å². The molecule has 1 aromatic carbocycles. The van der Waals surface area contributed by atoms with Gasteiger partial charge in [-0.25, -0.2) is 9.38 Å². The van der Waals surface area contributed by atoms with Gasteiger partial charge in [0.1, 0.15) is 5.82 Å². The SMILES string of the molecule is Fc1cccc(NC2=NCCCO2)c1. The first-order valence-electron chi connectivity index (χ1n) is 4.54. The van der Waals surface area contributed by atoms with E-state index in [-0.39, 0.29) is 5.82 Å². The molecule has 1 heterocycles. The zero-order chi connectivity index (χ0) is 9.80. The Bertz CT molecular complexity index is 352. The third-order valence-corrected chi connectivity index (χ3v) is 1.87. The van der Waals surface area contributed by atoms with Gasteiger partial charge in [-0.1, -0.05) is 6.07 Å². The Morgan fingerprint density at radius 1 is 1.43 bits per heavy atom. The summed E-state index contributed by atoms with van der Waals surface area (Å²) in [6.45, 7) is 1.43. The van der Waals surface area contributed by atoms with Crippen LogP contribution in [0.1, 0.15) is 6.42 Å². The second-order valence-corrected chi connectivity index (χ2v) is 3.02. The van der Waals surface area contributed by atoms with Crippen LogP contribution in [0.2, 0.25) is 0 Å². The van der Waals surface area contributed by atoms with Crippen molar-refractivity contribution in [2.75, 3.05) is 18.5 Å². The number of benzene rings is 1. The van der Waals surface area contributed by atoms with E-state index in [4.69, 9.17) is 4.74 Å². The number of anilines is 1. The van der Waals surface area contributed by atoms with Crippen molar-refractivity contribution in [2.45, 2.75) is 6.42 Å². The summed E-state index contributed by atoms with van der Waals surface area (Å²) in [6.07, 6.45) is 0.939. The summed E-state index contributed by atoms with van der Waals surface area (Å²) in [6, 6.07) is 6.68. The molecule has 0 fully saturated rings. The van der Waals surface area contributed by atoms with Crippen LogP contribution in [-0.2, 0) is 4.74 Å². The molecule has 0 atom stereocenters. The summed E-state index contributed by atoms with van der Waals surface area (Å²) < 4.78 is 18.0. The minimum atomic E-state index is -0.272. The lowest BCUT2D eigenvalue weighted by molar-refractivity contribution is 0.282. The first kappa shape index (κ1) is 8.99. The molecule has 1 N–H and O–H groups in total. The Balaban J connectivity index is 2.06. The lowest BCUT2D eigenvalue weighted by Gasteiger charge is -2.14. The minimum absolute atomic E-state index is 0.272. The summed E-state index contributed by atoms with van der Waals surface area (Å²) in [5.41, 5.74) is 0.658. The van der Waals surface area contributed by atoms with Crippen LogP contribution >= 0.6 is 0 Å². The first-order chi connectivity index (χ1) is 6.84. The molecule has 0 saturated heterocycles. The Morgan fingerprint density at radius 2 is 2.36 bits per heavy atom. The number of amidine groups is 1. The number of halogens is 1. The van der Waals surface area contributed by atoms with E-state index in [0.717, 1.165) is 13.0 Å². The molecule has 1 aliphatic heterocycles. The summed E-state index contributed by atoms with van der Waals surface area (Å²) in [5, 5.41) is 2.91. The number of ether oxygens (including phenoxy) is 1. The lowest BCUT2D eigenvalue weighted by atomic mass is 10.3. The summed E-state index contributed by atoms with van der Waals surface area (Å²) in [4.78, 5) is 4.12. The molecule has 4 heteroatoms. The van der Waals surface area contributed by atoms with Crippen LogP contribution in [-0.4, -0.2) is 19.2 Å². The zero-order valence-corrected chi connectivity index (χ0v) is 7.66. The number of nitrogens with one attached hydrogen (secondary N) is 1. The highest BCUT2D eigenvalue weighted by Gasteiger charge is 2.05. The smallest absolute Gasteiger partial charge is 0.289 e. The summed E-state index contributed by atoms with van der Waals surface area (Å²) in [5.74, 6) is -0.272. The van der Waals surface area contributed by atoms with E-state index in [9.17, 15) is 4.39 Å². The van der Waals surface area contributed by atoms with Crippen LogP contribution in [0.4, 0.5) is 10.1 Å². The van der Waals surface area contributed by atoms with Crippen LogP contribution in [0.3, 0.4) is 0 Å². The van der Waals surface area contributed by atoms with Crippen molar-refractivity contribution in [3.8, 4) is 0 Å². The molecule has 0 spiro atoms. The van der Waals surface area contributed by atoms with Crippen molar-refractivity contribution < 1.29 is 9.13 Å². The molecule has 0 aliphatic carbocycles. The van der Waals surface area contributed by atoms with Gasteiger partial charge in [0.2, 0.25) is 0 Å². The number of hydrogen-bond donors (Lipinski definition) is 1. The highest BCUT2D eigenvalue weighted by atomic mass is 19.1. The van der Waals surface area contributed by atoms with Crippen LogP contribution in [0, 0.1) is 5.82 Å². The minimum Gasteiger partial charge on any atom is -0.465 e. The average Bonchev–Trinajstić information content (AvgIpc) is 2.19. The van der Waals surface area contributed by atoms with Crippen molar-refractivity contribution in [1.82, 2.24) is 0 Å². The molecule has 0 radical (unpaired) electrons. The van der Waals surface area contributed by atoms with E-state index < -0.39 is 0 Å². The normalized spacial score (nSPS) is 15.6. The molecule has 14 heavy (non-hydrogen) atoms. The Hall–Kier alpha value is -1.58. The molecule has 1 aliphatic rings. The fourth-order valence-electron chi connectivity index (χ4n) is 1.22. The van der Waals surface area contributed by atoms with E-state index in [1.807, 2.05) is 0 Å². The number of aliphatic imine (C=N–C) groups is 1. The molecule has 0 aromatic heterocycles. The fraction of sp³-hybridized carbons (Fsp3) is 0.300. The van der Waals surface area contributed by atoms with Gasteiger partial charge in [0.05, 0.1) is 6.61 Å². The van der Waals surface area contributed by atoms with Crippen LogP contribution in [0.5, 0.6) is 0 Å². The van der Waals surface area contributed by atoms with E-state index in [0.29, 0.717) is 18.3 Å². The van der Waals surface area contributed by atoms with Gasteiger partial charge in [0, 0.05) is 18.7 Å². The number of hydrogen-bond acceptors (Lipinski definition) is 3. The summed E-state index contributed by atoms with van der Waals surface area (Å²) in [7, 11) is 0. The monoisotopic (exact) mass is 194 g/mol. The van der Waals surface area contributed by atoms with Gasteiger partial charge < -0.3 is 10.1 Å². The van der Waals surface area contributed by atoms with Crippen molar-refractivity contribution in [1.29, 1.82) is 0 Å². The second-order valence-electron chi connectivity index (χ2n) is 3.02. The molecule has 2 rings (SSSR count). The Kier molecular flexibility index (Phi) is 2.62. The van der Waals surface area contributed by atoms with Gasteiger partial charge in [-0.3, -0.25) is 0 Å². The van der Waals surface area contributed by atoms with Crippen LogP contribution in [0.15, 0.2) is 29.3 Å². The molecular weight excluding hydrogens is 183 g/mol. The molecule has 0 saturated carbocycles. The van der Waals surface area contributed by atoms with Crippen LogP contribution in [0.25, 0.3) is 0 Å². The predicted molar refractivity (Wildman–Crippen MR) is 52.9 cm³/mol. The molecule has 0 unspecified atom stereocenters. The number of nitrogens with zero attached hydrogens (tertiary/aromatic N) is 1. The molecule has 0 amide bonds. The molecule has 3 nitrogen and oxygen atoms in total. The summed E-state index contributed by atoms with van der Waals surface area (Å²) >= 11 is 0. The van der Waals surface area contributed by atoms with Crippen molar-refractivity contribution in [3.63, 3.8) is 0 Å². The first-order valence-corrected chi connectivity index (χ1v) is 4.54. The molecule has 1 aromatic rings. The highest BCUT2D eigenvalue weighted by molar-refractivity contribution is 5.89. The molecule has 0 bridgehead atoms. The highest BCUT2D eigenvalue weighted by Crippen LogP contribution is 2.10. The molecule has 74 valence electrons. The Morgan fingerprint density at radius 3 is 3.07 bits per heavy atom. The largest absolute Gasteiger partial charge is 0.465 e. The van der Waals surface area contributed by atoms with E-state index in [1.165, 1.54) is 12.1 Å². The Labute approximate surface area is 81.6 Å². The van der Waals surface area contributed by atoms with Gasteiger partial charge in [-0.15, -0.1) is 0 Å². The van der Waals surface area contributed by atoms with Crippen molar-refractivity contribution in [3.05, 3.63) is 30.1 Å². The predicted octanol–water partition coefficient (Wildman–Crippen LogP) is 2.01. The third-order valence-electron chi connectivity index (χ3n) is 1.87. The fourth-order valence-corrected chi connectivity index (χ4v) is 1.22. The lowest BCUT2D eigenvalue weighted by Crippen LogP contribution is -2.21. The second kappa shape index (κ2) is 4.09. The van der Waals surface area contributed by atoms with Crippen molar-refractivity contribution >= 4 is 11.7 Å². The maximum absolute atomic E-state index is 12.8. The third kappa shape index (κ3) is 2.22. The van der Waals surface area contributed by atoms with E-state index in [2.05, 4.69) is 10.3 Å². The van der Waals surface area contributed by atoms with E-state index >= 15 is 0 Å². The quantitative estimate of drug-likeness (QED) is 0.742. The zero-order valence-electron chi connectivity index (χ0n) is 7.66. The van der Waals surface area contributed by atoms with Gasteiger partial charge in [0.15, 0.2) is 0 Å². The van der Waals surface area contributed by atoms with Gasteiger partial charge in [-0.2, -0.15) is 0 Å². The molecular formula is C10H11FN2O. The standard InChI is InChI=1S/C10H11FN2O/c11-8-3-1-4-9(7-8)13-10-12-5-2-6-14-10/h1,3-4,7H,2,5-6H2,(H,12,13). The van der Waals surface area contributed by atoms with Gasteiger partial charge in [-0.05, 0) is 18.2 Å². The van der Waals surface area contributed by atoms with Gasteiger partial charge >= 0.3 is 0 Å². The number of rotatable bonds is 1. The average molecular weight is 194 g/mol. The van der Waals surface area contributed by atoms with Crippen LogP contribution < -0.4 is 5.32 Å². The van der Waals surface area contributed by atoms with E-state index in [1.54, 1.807) is 12.1 Å². The maximum Gasteiger partial charge on any atom is 0.289 e. The van der Waals surface area contributed by atoms with Crippen molar-refractivity contribution in [2.24, 2.45) is 4.99 Å².